The Bertz CT molecular complexity index is 837. The van der Waals surface area contributed by atoms with E-state index < -0.39 is 0 Å². The summed E-state index contributed by atoms with van der Waals surface area (Å²) in [6, 6.07) is 3.92. The Balaban J connectivity index is 1.25. The van der Waals surface area contributed by atoms with E-state index in [1.165, 1.54) is 25.7 Å². The van der Waals surface area contributed by atoms with Crippen molar-refractivity contribution in [3.05, 3.63) is 17.3 Å². The molecule has 1 N–H and O–H groups in total. The van der Waals surface area contributed by atoms with Crippen molar-refractivity contribution >= 4 is 34.6 Å². The minimum Gasteiger partial charge on any atom is -0.378 e. The Hall–Kier alpha value is -1.66. The molecule has 3 fully saturated rings. The van der Waals surface area contributed by atoms with Gasteiger partial charge in [0.05, 0.1) is 19.1 Å². The minimum atomic E-state index is -0.0601. The first-order valence-electron chi connectivity index (χ1n) is 9.63. The molecular weight excluding hydrogens is 352 g/mol. The number of hydrogen-bond donors (Lipinski definition) is 1. The van der Waals surface area contributed by atoms with Gasteiger partial charge in [-0.05, 0) is 62.5 Å². The minimum absolute atomic E-state index is 0.0601. The fraction of sp³-hybridized carbons (Fsp3) is 0.632. The molecular formula is C19H23ClN4O2. The van der Waals surface area contributed by atoms with Crippen LogP contribution in [0.3, 0.4) is 0 Å². The predicted octanol–water partition coefficient (Wildman–Crippen LogP) is 3.95. The molecule has 2 aromatic rings. The average Bonchev–Trinajstić information content (AvgIpc) is 3.03. The van der Waals surface area contributed by atoms with Gasteiger partial charge in [-0.1, -0.05) is 11.6 Å². The molecule has 2 unspecified atom stereocenters. The number of carbonyl (C=O) groups excluding carboxylic acids is 1. The van der Waals surface area contributed by atoms with Crippen LogP contribution in [-0.2, 0) is 9.53 Å². The van der Waals surface area contributed by atoms with E-state index in [0.717, 1.165) is 35.8 Å². The highest BCUT2D eigenvalue weighted by atomic mass is 35.5. The number of anilines is 1. The highest BCUT2D eigenvalue weighted by molar-refractivity contribution is 6.29. The SMILES string of the molecule is O=C(CCOC1CC2CC2C1)Nc1nc2ccc(Cl)nc2n1C1CCC1. The monoisotopic (exact) mass is 374 g/mol. The number of aromatic nitrogens is 3. The molecule has 0 radical (unpaired) electrons. The molecule has 6 nitrogen and oxygen atoms in total. The summed E-state index contributed by atoms with van der Waals surface area (Å²) in [5.74, 6) is 2.31. The lowest BCUT2D eigenvalue weighted by Gasteiger charge is -2.28. The number of hydrogen-bond acceptors (Lipinski definition) is 4. The first-order chi connectivity index (χ1) is 12.7. The van der Waals surface area contributed by atoms with Crippen molar-refractivity contribution in [1.82, 2.24) is 14.5 Å². The molecule has 3 saturated carbocycles. The topological polar surface area (TPSA) is 69.0 Å². The Morgan fingerprint density at radius 2 is 2.04 bits per heavy atom. The molecule has 0 aromatic carbocycles. The van der Waals surface area contributed by atoms with Crippen LogP contribution in [0.2, 0.25) is 5.15 Å². The summed E-state index contributed by atoms with van der Waals surface area (Å²) in [5, 5.41) is 3.40. The van der Waals surface area contributed by atoms with Gasteiger partial charge in [0, 0.05) is 6.04 Å². The zero-order chi connectivity index (χ0) is 17.7. The van der Waals surface area contributed by atoms with Crippen molar-refractivity contribution < 1.29 is 9.53 Å². The van der Waals surface area contributed by atoms with Crippen LogP contribution in [0.5, 0.6) is 0 Å². The van der Waals surface area contributed by atoms with Crippen LogP contribution in [0.4, 0.5) is 5.95 Å². The van der Waals surface area contributed by atoms with E-state index in [1.807, 2.05) is 10.6 Å². The molecule has 2 atom stereocenters. The zero-order valence-corrected chi connectivity index (χ0v) is 15.4. The molecule has 3 aliphatic carbocycles. The van der Waals surface area contributed by atoms with Crippen LogP contribution >= 0.6 is 11.6 Å². The molecule has 0 spiro atoms. The standard InChI is InChI=1S/C19H23ClN4O2/c20-16-5-4-15-18(22-16)24(13-2-1-3-13)19(21-15)23-17(25)6-7-26-14-9-11-8-12(11)10-14/h4-5,11-14H,1-3,6-10H2,(H,21,23,25). The number of nitrogens with zero attached hydrogens (tertiary/aromatic N) is 3. The molecule has 1 amide bonds. The number of halogens is 1. The predicted molar refractivity (Wildman–Crippen MR) is 99.2 cm³/mol. The third kappa shape index (κ3) is 3.09. The number of imidazole rings is 1. The van der Waals surface area contributed by atoms with E-state index in [2.05, 4.69) is 15.3 Å². The smallest absolute Gasteiger partial charge is 0.229 e. The van der Waals surface area contributed by atoms with Gasteiger partial charge in [-0.2, -0.15) is 0 Å². The maximum Gasteiger partial charge on any atom is 0.229 e. The molecule has 2 aromatic heterocycles. The fourth-order valence-corrected chi connectivity index (χ4v) is 4.47. The molecule has 0 aliphatic heterocycles. The second-order valence-electron chi connectivity index (χ2n) is 7.89. The van der Waals surface area contributed by atoms with Gasteiger partial charge in [-0.15, -0.1) is 0 Å². The summed E-state index contributed by atoms with van der Waals surface area (Å²) in [4.78, 5) is 21.4. The Kier molecular flexibility index (Phi) is 4.13. The number of rotatable bonds is 6. The van der Waals surface area contributed by atoms with Crippen molar-refractivity contribution in [3.8, 4) is 0 Å². The van der Waals surface area contributed by atoms with Crippen molar-refractivity contribution in [1.29, 1.82) is 0 Å². The highest BCUT2D eigenvalue weighted by Crippen LogP contribution is 2.52. The summed E-state index contributed by atoms with van der Waals surface area (Å²) in [6.07, 6.45) is 7.80. The molecule has 2 heterocycles. The number of fused-ring (bicyclic) bond motifs is 2. The third-order valence-electron chi connectivity index (χ3n) is 6.08. The third-order valence-corrected chi connectivity index (χ3v) is 6.29. The lowest BCUT2D eigenvalue weighted by atomic mass is 9.93. The summed E-state index contributed by atoms with van der Waals surface area (Å²) >= 11 is 6.06. The Labute approximate surface area is 157 Å². The summed E-state index contributed by atoms with van der Waals surface area (Å²) < 4.78 is 7.91. The maximum absolute atomic E-state index is 12.4. The van der Waals surface area contributed by atoms with Gasteiger partial charge in [0.15, 0.2) is 5.65 Å². The van der Waals surface area contributed by atoms with Gasteiger partial charge >= 0.3 is 0 Å². The van der Waals surface area contributed by atoms with Crippen LogP contribution in [0.25, 0.3) is 11.2 Å². The second kappa shape index (κ2) is 6.50. The summed E-state index contributed by atoms with van der Waals surface area (Å²) in [5.41, 5.74) is 1.51. The molecule has 26 heavy (non-hydrogen) atoms. The van der Waals surface area contributed by atoms with Crippen LogP contribution in [0, 0.1) is 11.8 Å². The van der Waals surface area contributed by atoms with Gasteiger partial charge in [0.1, 0.15) is 10.7 Å². The Morgan fingerprint density at radius 1 is 1.23 bits per heavy atom. The lowest BCUT2D eigenvalue weighted by Crippen LogP contribution is -2.23. The van der Waals surface area contributed by atoms with Crippen molar-refractivity contribution in [2.75, 3.05) is 11.9 Å². The lowest BCUT2D eigenvalue weighted by molar-refractivity contribution is -0.117. The highest BCUT2D eigenvalue weighted by Gasteiger charge is 2.46. The first-order valence-corrected chi connectivity index (χ1v) is 10.0. The molecule has 3 aliphatic rings. The van der Waals surface area contributed by atoms with Gasteiger partial charge in [-0.25, -0.2) is 9.97 Å². The van der Waals surface area contributed by atoms with Crippen molar-refractivity contribution in [2.24, 2.45) is 11.8 Å². The molecule has 0 saturated heterocycles. The van der Waals surface area contributed by atoms with Gasteiger partial charge in [0.25, 0.3) is 0 Å². The molecule has 0 bridgehead atoms. The largest absolute Gasteiger partial charge is 0.378 e. The van der Waals surface area contributed by atoms with Crippen LogP contribution in [0.1, 0.15) is 51.0 Å². The first kappa shape index (κ1) is 16.5. The summed E-state index contributed by atoms with van der Waals surface area (Å²) in [7, 11) is 0. The van der Waals surface area contributed by atoms with Gasteiger partial charge in [-0.3, -0.25) is 14.7 Å². The van der Waals surface area contributed by atoms with E-state index in [4.69, 9.17) is 16.3 Å². The van der Waals surface area contributed by atoms with E-state index >= 15 is 0 Å². The van der Waals surface area contributed by atoms with Crippen molar-refractivity contribution in [3.63, 3.8) is 0 Å². The maximum atomic E-state index is 12.4. The number of ether oxygens (including phenoxy) is 1. The van der Waals surface area contributed by atoms with Crippen LogP contribution < -0.4 is 5.32 Å². The van der Waals surface area contributed by atoms with Gasteiger partial charge in [0.2, 0.25) is 11.9 Å². The van der Waals surface area contributed by atoms with Crippen LogP contribution in [0.15, 0.2) is 12.1 Å². The summed E-state index contributed by atoms with van der Waals surface area (Å²) in [6.45, 7) is 0.476. The number of carbonyl (C=O) groups is 1. The number of nitrogens with one attached hydrogen (secondary N) is 1. The molecule has 5 rings (SSSR count). The van der Waals surface area contributed by atoms with Crippen LogP contribution in [-0.4, -0.2) is 33.2 Å². The number of pyridine rings is 1. The van der Waals surface area contributed by atoms with E-state index in [1.54, 1.807) is 6.07 Å². The fourth-order valence-electron chi connectivity index (χ4n) is 4.33. The van der Waals surface area contributed by atoms with E-state index in [9.17, 15) is 4.79 Å². The zero-order valence-electron chi connectivity index (χ0n) is 14.7. The van der Waals surface area contributed by atoms with Gasteiger partial charge < -0.3 is 4.74 Å². The van der Waals surface area contributed by atoms with Crippen molar-refractivity contribution in [2.45, 2.75) is 57.1 Å². The average molecular weight is 375 g/mol. The Morgan fingerprint density at radius 3 is 2.77 bits per heavy atom. The van der Waals surface area contributed by atoms with E-state index in [-0.39, 0.29) is 5.91 Å². The normalized spacial score (nSPS) is 27.3. The number of amides is 1. The second-order valence-corrected chi connectivity index (χ2v) is 8.27. The molecule has 138 valence electrons. The molecule has 7 heteroatoms. The quantitative estimate of drug-likeness (QED) is 0.777. The van der Waals surface area contributed by atoms with E-state index in [0.29, 0.717) is 36.3 Å².